The molecule has 0 aliphatic carbocycles. The molecule has 0 bridgehead atoms. The number of nitrogens with zero attached hydrogens (tertiary/aromatic N) is 4. The molecule has 0 radical (unpaired) electrons. The Morgan fingerprint density at radius 3 is 2.64 bits per heavy atom. The van der Waals surface area contributed by atoms with Crippen molar-refractivity contribution in [2.24, 2.45) is 0 Å². The van der Waals surface area contributed by atoms with Gasteiger partial charge in [0.15, 0.2) is 6.23 Å². The van der Waals surface area contributed by atoms with Crippen LogP contribution in [0, 0.1) is 10.1 Å². The van der Waals surface area contributed by atoms with Crippen LogP contribution in [0.4, 0.5) is 5.69 Å². The molecule has 7 heteroatoms. The molecule has 0 amide bonds. The minimum atomic E-state index is -0.474. The molecule has 3 rings (SSSR count). The highest BCUT2D eigenvalue weighted by Crippen LogP contribution is 2.25. The van der Waals surface area contributed by atoms with E-state index in [0.29, 0.717) is 6.61 Å². The Morgan fingerprint density at radius 2 is 1.95 bits per heavy atom. The monoisotopic (exact) mass is 298 g/mol. The Labute approximate surface area is 126 Å². The fraction of sp³-hybridized carbons (Fsp3) is 0.200. The molecule has 0 saturated carbocycles. The third kappa shape index (κ3) is 2.53. The first-order valence-electron chi connectivity index (χ1n) is 6.86. The Hall–Kier alpha value is -2.80. The average molecular weight is 298 g/mol. The second-order valence-corrected chi connectivity index (χ2v) is 4.68. The van der Waals surface area contributed by atoms with Crippen LogP contribution >= 0.6 is 0 Å². The lowest BCUT2D eigenvalue weighted by atomic mass is 10.1. The van der Waals surface area contributed by atoms with Gasteiger partial charge in [-0.2, -0.15) is 0 Å². The number of hydrogen-bond donors (Lipinski definition) is 0. The molecule has 3 aromatic rings. The Morgan fingerprint density at radius 1 is 1.23 bits per heavy atom. The van der Waals surface area contributed by atoms with Crippen LogP contribution in [0.15, 0.2) is 48.5 Å². The second kappa shape index (κ2) is 5.90. The highest BCUT2D eigenvalue weighted by atomic mass is 16.6. The molecule has 7 nitrogen and oxygen atoms in total. The van der Waals surface area contributed by atoms with Gasteiger partial charge in [0.25, 0.3) is 5.69 Å². The maximum atomic E-state index is 10.8. The number of hydrogen-bond acceptors (Lipinski definition) is 5. The van der Waals surface area contributed by atoms with E-state index in [4.69, 9.17) is 4.74 Å². The summed E-state index contributed by atoms with van der Waals surface area (Å²) in [5.41, 5.74) is 2.44. The number of nitro groups is 1. The summed E-state index contributed by atoms with van der Waals surface area (Å²) in [7, 11) is 0. The van der Waals surface area contributed by atoms with Gasteiger partial charge in [-0.1, -0.05) is 17.3 Å². The van der Waals surface area contributed by atoms with E-state index in [1.807, 2.05) is 31.2 Å². The van der Waals surface area contributed by atoms with E-state index in [1.54, 1.807) is 16.8 Å². The highest BCUT2D eigenvalue weighted by molar-refractivity contribution is 5.74. The van der Waals surface area contributed by atoms with E-state index in [2.05, 4.69) is 10.3 Å². The summed E-state index contributed by atoms with van der Waals surface area (Å²) in [6.45, 7) is 2.37. The third-order valence-electron chi connectivity index (χ3n) is 3.31. The van der Waals surface area contributed by atoms with Crippen LogP contribution in [0.2, 0.25) is 0 Å². The van der Waals surface area contributed by atoms with Gasteiger partial charge in [0, 0.05) is 24.3 Å². The van der Waals surface area contributed by atoms with Crippen molar-refractivity contribution in [3.63, 3.8) is 0 Å². The van der Waals surface area contributed by atoms with E-state index < -0.39 is 11.2 Å². The summed E-state index contributed by atoms with van der Waals surface area (Å²) in [6.07, 6.45) is -0.474. The summed E-state index contributed by atoms with van der Waals surface area (Å²) >= 11 is 0. The van der Waals surface area contributed by atoms with Crippen LogP contribution in [0.5, 0.6) is 0 Å². The first-order chi connectivity index (χ1) is 10.7. The molecule has 2 aromatic carbocycles. The highest BCUT2D eigenvalue weighted by Gasteiger charge is 2.19. The lowest BCUT2D eigenvalue weighted by Gasteiger charge is -2.18. The zero-order valence-corrected chi connectivity index (χ0v) is 11.9. The van der Waals surface area contributed by atoms with Gasteiger partial charge in [0.2, 0.25) is 0 Å². The summed E-state index contributed by atoms with van der Waals surface area (Å²) in [6, 6.07) is 13.8. The summed E-state index contributed by atoms with van der Waals surface area (Å²) in [5, 5.41) is 19.0. The van der Waals surface area contributed by atoms with Crippen molar-refractivity contribution in [3.05, 3.63) is 64.2 Å². The maximum absolute atomic E-state index is 10.8. The molecule has 22 heavy (non-hydrogen) atoms. The predicted molar refractivity (Wildman–Crippen MR) is 80.4 cm³/mol. The topological polar surface area (TPSA) is 83.1 Å². The van der Waals surface area contributed by atoms with Crippen LogP contribution in [-0.2, 0) is 4.74 Å². The molecule has 0 aliphatic heterocycles. The first kappa shape index (κ1) is 14.2. The number of fused-ring (bicyclic) bond motifs is 1. The Kier molecular flexibility index (Phi) is 3.80. The smallest absolute Gasteiger partial charge is 0.269 e. The first-order valence-corrected chi connectivity index (χ1v) is 6.86. The fourth-order valence-corrected chi connectivity index (χ4v) is 2.29. The molecule has 1 aromatic heterocycles. The van der Waals surface area contributed by atoms with E-state index in [0.717, 1.165) is 16.6 Å². The lowest BCUT2D eigenvalue weighted by Crippen LogP contribution is -2.16. The van der Waals surface area contributed by atoms with Gasteiger partial charge >= 0.3 is 0 Å². The van der Waals surface area contributed by atoms with Gasteiger partial charge < -0.3 is 4.74 Å². The number of ether oxygens (including phenoxy) is 1. The molecular formula is C15H14N4O3. The minimum Gasteiger partial charge on any atom is -0.352 e. The zero-order chi connectivity index (χ0) is 15.5. The molecule has 0 spiro atoms. The number of rotatable bonds is 5. The summed E-state index contributed by atoms with van der Waals surface area (Å²) in [4.78, 5) is 10.3. The van der Waals surface area contributed by atoms with Crippen LogP contribution in [0.1, 0.15) is 18.7 Å². The van der Waals surface area contributed by atoms with Crippen molar-refractivity contribution in [3.8, 4) is 0 Å². The number of aromatic nitrogens is 3. The van der Waals surface area contributed by atoms with Crippen molar-refractivity contribution in [2.75, 3.05) is 6.61 Å². The normalized spacial score (nSPS) is 12.4. The second-order valence-electron chi connectivity index (χ2n) is 4.68. The van der Waals surface area contributed by atoms with E-state index in [1.165, 1.54) is 12.1 Å². The van der Waals surface area contributed by atoms with Crippen molar-refractivity contribution >= 4 is 16.7 Å². The third-order valence-corrected chi connectivity index (χ3v) is 3.31. The molecule has 0 aliphatic rings. The molecule has 0 N–H and O–H groups in total. The zero-order valence-electron chi connectivity index (χ0n) is 11.9. The maximum Gasteiger partial charge on any atom is 0.269 e. The van der Waals surface area contributed by atoms with Gasteiger partial charge in [-0.3, -0.25) is 10.1 Å². The van der Waals surface area contributed by atoms with E-state index in [-0.39, 0.29) is 5.69 Å². The SMILES string of the molecule is CCOC(c1ccc([N+](=O)[O-])cc1)n1nnc2ccccc21. The molecular weight excluding hydrogens is 284 g/mol. The van der Waals surface area contributed by atoms with E-state index in [9.17, 15) is 10.1 Å². The average Bonchev–Trinajstić information content (AvgIpc) is 2.96. The fourth-order valence-electron chi connectivity index (χ4n) is 2.29. The van der Waals surface area contributed by atoms with Gasteiger partial charge in [0.1, 0.15) is 5.52 Å². The summed E-state index contributed by atoms with van der Waals surface area (Å²) in [5.74, 6) is 0. The molecule has 0 fully saturated rings. The quantitative estimate of drug-likeness (QED) is 0.534. The number of nitro benzene ring substituents is 1. The largest absolute Gasteiger partial charge is 0.352 e. The van der Waals surface area contributed by atoms with Gasteiger partial charge in [-0.15, -0.1) is 5.10 Å². The standard InChI is InChI=1S/C15H14N4O3/c1-2-22-15(11-7-9-12(10-8-11)19(20)21)18-14-6-4-3-5-13(14)16-17-18/h3-10,15H,2H2,1H3. The van der Waals surface area contributed by atoms with Crippen LogP contribution in [0.3, 0.4) is 0 Å². The predicted octanol–water partition coefficient (Wildman–Crippen LogP) is 2.92. The van der Waals surface area contributed by atoms with Crippen LogP contribution in [-0.4, -0.2) is 26.5 Å². The van der Waals surface area contributed by atoms with Crippen molar-refractivity contribution in [2.45, 2.75) is 13.2 Å². The van der Waals surface area contributed by atoms with Gasteiger partial charge in [-0.05, 0) is 31.2 Å². The van der Waals surface area contributed by atoms with Crippen LogP contribution < -0.4 is 0 Å². The molecule has 0 saturated heterocycles. The lowest BCUT2D eigenvalue weighted by molar-refractivity contribution is -0.384. The molecule has 1 unspecified atom stereocenters. The Balaban J connectivity index is 2.04. The van der Waals surface area contributed by atoms with E-state index >= 15 is 0 Å². The number of para-hydroxylation sites is 1. The molecule has 1 atom stereocenters. The van der Waals surface area contributed by atoms with Crippen LogP contribution in [0.25, 0.3) is 11.0 Å². The van der Waals surface area contributed by atoms with Gasteiger partial charge in [-0.25, -0.2) is 4.68 Å². The number of benzene rings is 2. The van der Waals surface area contributed by atoms with Crippen molar-refractivity contribution in [1.82, 2.24) is 15.0 Å². The number of non-ortho nitro benzene ring substituents is 1. The van der Waals surface area contributed by atoms with Crippen molar-refractivity contribution < 1.29 is 9.66 Å². The Bertz CT molecular complexity index is 798. The molecule has 112 valence electrons. The molecule has 1 heterocycles. The van der Waals surface area contributed by atoms with Gasteiger partial charge in [0.05, 0.1) is 10.4 Å². The minimum absolute atomic E-state index is 0.0439. The summed E-state index contributed by atoms with van der Waals surface area (Å²) < 4.78 is 7.45. The van der Waals surface area contributed by atoms with Crippen molar-refractivity contribution in [1.29, 1.82) is 0 Å².